The number of ether oxygens (including phenoxy) is 2. The summed E-state index contributed by atoms with van der Waals surface area (Å²) >= 11 is 3.31. The molecule has 1 heterocycles. The van der Waals surface area contributed by atoms with Gasteiger partial charge in [-0.1, -0.05) is 15.9 Å². The fourth-order valence-corrected chi connectivity index (χ4v) is 2.34. The highest BCUT2D eigenvalue weighted by atomic mass is 79.9. The second kappa shape index (κ2) is 6.23. The monoisotopic (exact) mass is 343 g/mol. The van der Waals surface area contributed by atoms with Gasteiger partial charge in [0.1, 0.15) is 5.75 Å². The van der Waals surface area contributed by atoms with E-state index in [2.05, 4.69) is 15.9 Å². The highest BCUT2D eigenvalue weighted by Crippen LogP contribution is 2.25. The molecule has 1 aromatic carbocycles. The molecule has 0 unspecified atom stereocenters. The number of carbonyl (C=O) groups excluding carboxylic acids is 1. The molecule has 0 saturated carbocycles. The molecular weight excluding hydrogens is 330 g/mol. The minimum absolute atomic E-state index is 0.0351. The lowest BCUT2D eigenvalue weighted by Gasteiger charge is -2.31. The van der Waals surface area contributed by atoms with Gasteiger partial charge in [0, 0.05) is 11.0 Å². The number of nitrogens with zero attached hydrogens (tertiary/aromatic N) is 1. The van der Waals surface area contributed by atoms with Crippen molar-refractivity contribution in [2.45, 2.75) is 6.10 Å². The lowest BCUT2D eigenvalue weighted by atomic mass is 10.1. The molecule has 0 spiro atoms. The van der Waals surface area contributed by atoms with Gasteiger partial charge in [-0.3, -0.25) is 4.79 Å². The Morgan fingerprint density at radius 3 is 2.90 bits per heavy atom. The van der Waals surface area contributed by atoms with E-state index >= 15 is 0 Å². The Bertz CT molecular complexity index is 533. The number of hydrogen-bond acceptors (Lipinski definition) is 4. The fourth-order valence-electron chi connectivity index (χ4n) is 2.00. The topological polar surface area (TPSA) is 76.1 Å². The zero-order chi connectivity index (χ0) is 14.7. The Labute approximate surface area is 124 Å². The standard InChI is InChI=1S/C13H14BrNO5/c1-19-10-6-8(14)2-3-9(10)12(16)15-4-5-20-11(7-15)13(17)18/h2-3,6,11H,4-5,7H2,1H3,(H,17,18)/t11-/m0/s1. The molecule has 0 bridgehead atoms. The van der Waals surface area contributed by atoms with E-state index < -0.39 is 12.1 Å². The van der Waals surface area contributed by atoms with E-state index in [0.29, 0.717) is 17.9 Å². The van der Waals surface area contributed by atoms with Gasteiger partial charge in [-0.25, -0.2) is 4.79 Å². The minimum atomic E-state index is -1.06. The van der Waals surface area contributed by atoms with Crippen LogP contribution in [0.4, 0.5) is 0 Å². The Hall–Kier alpha value is -1.60. The zero-order valence-electron chi connectivity index (χ0n) is 10.8. The van der Waals surface area contributed by atoms with Gasteiger partial charge in [0.05, 0.1) is 25.8 Å². The molecule has 1 saturated heterocycles. The third kappa shape index (κ3) is 3.10. The van der Waals surface area contributed by atoms with Crippen LogP contribution in [0.15, 0.2) is 22.7 Å². The summed E-state index contributed by atoms with van der Waals surface area (Å²) in [4.78, 5) is 24.8. The van der Waals surface area contributed by atoms with Gasteiger partial charge >= 0.3 is 5.97 Å². The average Bonchev–Trinajstić information content (AvgIpc) is 2.46. The van der Waals surface area contributed by atoms with E-state index in [9.17, 15) is 9.59 Å². The molecule has 1 aromatic rings. The number of carbonyl (C=O) groups is 2. The largest absolute Gasteiger partial charge is 0.496 e. The van der Waals surface area contributed by atoms with Crippen molar-refractivity contribution in [2.75, 3.05) is 26.8 Å². The van der Waals surface area contributed by atoms with Gasteiger partial charge in [-0.15, -0.1) is 0 Å². The van der Waals surface area contributed by atoms with Crippen LogP contribution in [0, 0.1) is 0 Å². The maximum Gasteiger partial charge on any atom is 0.334 e. The molecule has 1 atom stereocenters. The molecule has 1 fully saturated rings. The fraction of sp³-hybridized carbons (Fsp3) is 0.385. The van der Waals surface area contributed by atoms with Crippen molar-refractivity contribution >= 4 is 27.8 Å². The van der Waals surface area contributed by atoms with Crippen molar-refractivity contribution in [3.8, 4) is 5.75 Å². The lowest BCUT2D eigenvalue weighted by Crippen LogP contribution is -2.48. The highest BCUT2D eigenvalue weighted by Gasteiger charge is 2.30. The number of carboxylic acids is 1. The van der Waals surface area contributed by atoms with Crippen molar-refractivity contribution in [3.63, 3.8) is 0 Å². The van der Waals surface area contributed by atoms with E-state index in [0.717, 1.165) is 4.47 Å². The van der Waals surface area contributed by atoms with Crippen molar-refractivity contribution in [1.82, 2.24) is 4.90 Å². The summed E-state index contributed by atoms with van der Waals surface area (Å²) in [6, 6.07) is 5.09. The second-order valence-corrected chi connectivity index (χ2v) is 5.21. The first-order valence-electron chi connectivity index (χ1n) is 6.00. The first kappa shape index (κ1) is 14.8. The molecule has 1 aliphatic rings. The Morgan fingerprint density at radius 2 is 2.25 bits per heavy atom. The van der Waals surface area contributed by atoms with Gasteiger partial charge in [-0.05, 0) is 18.2 Å². The first-order valence-corrected chi connectivity index (χ1v) is 6.79. The number of methoxy groups -OCH3 is 1. The number of morpholine rings is 1. The van der Waals surface area contributed by atoms with Crippen LogP contribution >= 0.6 is 15.9 Å². The van der Waals surface area contributed by atoms with Gasteiger partial charge in [0.25, 0.3) is 5.91 Å². The third-order valence-corrected chi connectivity index (χ3v) is 3.52. The van der Waals surface area contributed by atoms with Crippen LogP contribution in [0.5, 0.6) is 5.75 Å². The summed E-state index contributed by atoms with van der Waals surface area (Å²) < 4.78 is 11.1. The molecule has 20 heavy (non-hydrogen) atoms. The number of carboxylic acid groups (broad SMARTS) is 1. The molecule has 1 N–H and O–H groups in total. The number of hydrogen-bond donors (Lipinski definition) is 1. The van der Waals surface area contributed by atoms with E-state index in [-0.39, 0.29) is 19.1 Å². The number of rotatable bonds is 3. The molecule has 0 radical (unpaired) electrons. The maximum absolute atomic E-state index is 12.4. The smallest absolute Gasteiger partial charge is 0.334 e. The van der Waals surface area contributed by atoms with Crippen LogP contribution in [0.3, 0.4) is 0 Å². The van der Waals surface area contributed by atoms with Crippen LogP contribution in [-0.2, 0) is 9.53 Å². The van der Waals surface area contributed by atoms with Crippen LogP contribution in [0.1, 0.15) is 10.4 Å². The Morgan fingerprint density at radius 1 is 1.50 bits per heavy atom. The summed E-state index contributed by atoms with van der Waals surface area (Å²) in [5, 5.41) is 8.95. The number of halogens is 1. The molecule has 108 valence electrons. The van der Waals surface area contributed by atoms with Crippen LogP contribution in [0.2, 0.25) is 0 Å². The summed E-state index contributed by atoms with van der Waals surface area (Å²) in [6.07, 6.45) is -0.978. The molecule has 2 rings (SSSR count). The third-order valence-electron chi connectivity index (χ3n) is 3.02. The quantitative estimate of drug-likeness (QED) is 0.897. The summed E-state index contributed by atoms with van der Waals surface area (Å²) in [6.45, 7) is 0.608. The summed E-state index contributed by atoms with van der Waals surface area (Å²) in [7, 11) is 1.48. The molecule has 1 aliphatic heterocycles. The van der Waals surface area contributed by atoms with Crippen molar-refractivity contribution in [1.29, 1.82) is 0 Å². The number of aliphatic carboxylic acids is 1. The Balaban J connectivity index is 2.20. The summed E-state index contributed by atoms with van der Waals surface area (Å²) in [5.74, 6) is -0.878. The predicted octanol–water partition coefficient (Wildman–Crippen LogP) is 1.38. The van der Waals surface area contributed by atoms with Crippen molar-refractivity contribution < 1.29 is 24.2 Å². The minimum Gasteiger partial charge on any atom is -0.496 e. The Kier molecular flexibility index (Phi) is 4.61. The highest BCUT2D eigenvalue weighted by molar-refractivity contribution is 9.10. The molecule has 1 amide bonds. The normalized spacial score (nSPS) is 18.7. The van der Waals surface area contributed by atoms with Crippen molar-refractivity contribution in [3.05, 3.63) is 28.2 Å². The molecular formula is C13H14BrNO5. The van der Waals surface area contributed by atoms with Gasteiger partial charge in [0.15, 0.2) is 6.10 Å². The lowest BCUT2D eigenvalue weighted by molar-refractivity contribution is -0.154. The maximum atomic E-state index is 12.4. The van der Waals surface area contributed by atoms with Crippen molar-refractivity contribution in [2.24, 2.45) is 0 Å². The number of benzene rings is 1. The number of amides is 1. The zero-order valence-corrected chi connectivity index (χ0v) is 12.4. The van der Waals surface area contributed by atoms with E-state index in [4.69, 9.17) is 14.6 Å². The van der Waals surface area contributed by atoms with Crippen LogP contribution < -0.4 is 4.74 Å². The van der Waals surface area contributed by atoms with Gasteiger partial charge in [-0.2, -0.15) is 0 Å². The second-order valence-electron chi connectivity index (χ2n) is 4.29. The SMILES string of the molecule is COc1cc(Br)ccc1C(=O)N1CCO[C@H](C(=O)O)C1. The summed E-state index contributed by atoms with van der Waals surface area (Å²) in [5.41, 5.74) is 0.404. The van der Waals surface area contributed by atoms with Crippen LogP contribution in [0.25, 0.3) is 0 Å². The van der Waals surface area contributed by atoms with E-state index in [1.54, 1.807) is 18.2 Å². The van der Waals surface area contributed by atoms with Gasteiger partial charge in [0.2, 0.25) is 0 Å². The molecule has 0 aromatic heterocycles. The average molecular weight is 344 g/mol. The molecule has 0 aliphatic carbocycles. The van der Waals surface area contributed by atoms with E-state index in [1.807, 2.05) is 0 Å². The van der Waals surface area contributed by atoms with E-state index in [1.165, 1.54) is 12.0 Å². The van der Waals surface area contributed by atoms with Gasteiger partial charge < -0.3 is 19.5 Å². The first-order chi connectivity index (χ1) is 9.52. The van der Waals surface area contributed by atoms with Crippen LogP contribution in [-0.4, -0.2) is 54.8 Å². The predicted molar refractivity (Wildman–Crippen MR) is 74.0 cm³/mol. The molecule has 6 nitrogen and oxygen atoms in total. The molecule has 7 heteroatoms.